The van der Waals surface area contributed by atoms with Crippen molar-refractivity contribution in [3.63, 3.8) is 0 Å². The van der Waals surface area contributed by atoms with Crippen LogP contribution in [0.15, 0.2) is 4.99 Å². The van der Waals surface area contributed by atoms with Gasteiger partial charge in [-0.25, -0.2) is 0 Å². The smallest absolute Gasteiger partial charge is 0.191 e. The van der Waals surface area contributed by atoms with Gasteiger partial charge in [-0.15, -0.1) is 0 Å². The van der Waals surface area contributed by atoms with Crippen molar-refractivity contribution < 1.29 is 9.84 Å². The number of hydrogen-bond donors (Lipinski definition) is 2. The molecule has 5 heteroatoms. The molecule has 1 saturated carbocycles. The second kappa shape index (κ2) is 7.70. The fraction of sp³-hybridized carbons (Fsp3) is 0.929. The van der Waals surface area contributed by atoms with E-state index in [1.54, 1.807) is 0 Å². The largest absolute Gasteiger partial charge is 0.389 e. The first-order chi connectivity index (χ1) is 9.25. The van der Waals surface area contributed by atoms with Gasteiger partial charge in [0.2, 0.25) is 0 Å². The zero-order chi connectivity index (χ0) is 13.5. The molecule has 1 aliphatic carbocycles. The van der Waals surface area contributed by atoms with Crippen LogP contribution in [0, 0.1) is 5.92 Å². The molecule has 1 aliphatic heterocycles. The molecule has 0 aromatic carbocycles. The SMILES string of the molecule is NC(=NCC(O)COCC1CC1)N1CCCCCC1. The van der Waals surface area contributed by atoms with E-state index in [4.69, 9.17) is 10.5 Å². The van der Waals surface area contributed by atoms with Gasteiger partial charge in [0.15, 0.2) is 5.96 Å². The van der Waals surface area contributed by atoms with Crippen LogP contribution in [0.4, 0.5) is 0 Å². The molecule has 0 bridgehead atoms. The van der Waals surface area contributed by atoms with Crippen LogP contribution in [0.5, 0.6) is 0 Å². The summed E-state index contributed by atoms with van der Waals surface area (Å²) in [5.41, 5.74) is 5.98. The summed E-state index contributed by atoms with van der Waals surface area (Å²) in [7, 11) is 0. The van der Waals surface area contributed by atoms with Crippen LogP contribution in [0.25, 0.3) is 0 Å². The number of ether oxygens (including phenoxy) is 1. The molecule has 0 radical (unpaired) electrons. The van der Waals surface area contributed by atoms with Crippen molar-refractivity contribution in [3.8, 4) is 0 Å². The number of aliphatic hydroxyl groups is 1. The van der Waals surface area contributed by atoms with Crippen molar-refractivity contribution in [2.24, 2.45) is 16.6 Å². The number of aliphatic hydroxyl groups excluding tert-OH is 1. The van der Waals surface area contributed by atoms with Gasteiger partial charge < -0.3 is 20.5 Å². The quantitative estimate of drug-likeness (QED) is 0.556. The van der Waals surface area contributed by atoms with E-state index in [2.05, 4.69) is 9.89 Å². The van der Waals surface area contributed by atoms with E-state index < -0.39 is 6.10 Å². The molecule has 3 N–H and O–H groups in total. The summed E-state index contributed by atoms with van der Waals surface area (Å²) in [5.74, 6) is 1.31. The maximum absolute atomic E-state index is 9.78. The topological polar surface area (TPSA) is 71.1 Å². The second-order valence-electron chi connectivity index (χ2n) is 5.73. The zero-order valence-corrected chi connectivity index (χ0v) is 11.8. The van der Waals surface area contributed by atoms with Gasteiger partial charge in [-0.1, -0.05) is 12.8 Å². The van der Waals surface area contributed by atoms with E-state index in [9.17, 15) is 5.11 Å². The molecule has 1 heterocycles. The average Bonchev–Trinajstić information content (AvgIpc) is 3.22. The van der Waals surface area contributed by atoms with Crippen LogP contribution in [0.2, 0.25) is 0 Å². The van der Waals surface area contributed by atoms with Crippen LogP contribution in [-0.4, -0.2) is 54.9 Å². The van der Waals surface area contributed by atoms with Crippen molar-refractivity contribution >= 4 is 5.96 Å². The Morgan fingerprint density at radius 2 is 1.95 bits per heavy atom. The fourth-order valence-electron chi connectivity index (χ4n) is 2.31. The first-order valence-electron chi connectivity index (χ1n) is 7.56. The Bertz CT molecular complexity index is 284. The molecular formula is C14H27N3O2. The predicted molar refractivity (Wildman–Crippen MR) is 76.1 cm³/mol. The molecule has 1 saturated heterocycles. The lowest BCUT2D eigenvalue weighted by Gasteiger charge is -2.21. The second-order valence-corrected chi connectivity index (χ2v) is 5.73. The summed E-state index contributed by atoms with van der Waals surface area (Å²) < 4.78 is 5.44. The highest BCUT2D eigenvalue weighted by molar-refractivity contribution is 5.78. The lowest BCUT2D eigenvalue weighted by molar-refractivity contribution is 0.0368. The molecule has 2 fully saturated rings. The maximum Gasteiger partial charge on any atom is 0.191 e. The Labute approximate surface area is 115 Å². The number of likely N-dealkylation sites (tertiary alicyclic amines) is 1. The van der Waals surface area contributed by atoms with Gasteiger partial charge in [0, 0.05) is 19.7 Å². The summed E-state index contributed by atoms with van der Waals surface area (Å²) in [4.78, 5) is 6.42. The Kier molecular flexibility index (Phi) is 5.92. The number of aliphatic imine (C=N–C) groups is 1. The molecule has 0 aromatic rings. The van der Waals surface area contributed by atoms with E-state index in [0.717, 1.165) is 25.6 Å². The van der Waals surface area contributed by atoms with Gasteiger partial charge in [-0.05, 0) is 31.6 Å². The van der Waals surface area contributed by atoms with E-state index >= 15 is 0 Å². The van der Waals surface area contributed by atoms with Crippen LogP contribution in [-0.2, 0) is 4.74 Å². The predicted octanol–water partition coefficient (Wildman–Crippen LogP) is 0.965. The third-order valence-corrected chi connectivity index (χ3v) is 3.75. The van der Waals surface area contributed by atoms with Crippen molar-refractivity contribution in [1.29, 1.82) is 0 Å². The highest BCUT2D eigenvalue weighted by atomic mass is 16.5. The standard InChI is InChI=1S/C14H27N3O2/c15-14(17-7-3-1-2-4-8-17)16-9-13(18)11-19-10-12-5-6-12/h12-13,18H,1-11H2,(H2,15,16). The molecule has 2 rings (SSSR count). The molecule has 0 aromatic heterocycles. The Morgan fingerprint density at radius 1 is 1.26 bits per heavy atom. The van der Waals surface area contributed by atoms with Crippen LogP contribution in [0.3, 0.4) is 0 Å². The molecular weight excluding hydrogens is 242 g/mol. The molecule has 0 spiro atoms. The fourth-order valence-corrected chi connectivity index (χ4v) is 2.31. The third kappa shape index (κ3) is 5.78. The van der Waals surface area contributed by atoms with E-state index in [1.165, 1.54) is 38.5 Å². The summed E-state index contributed by atoms with van der Waals surface area (Å²) in [5, 5.41) is 9.78. The minimum Gasteiger partial charge on any atom is -0.389 e. The van der Waals surface area contributed by atoms with Crippen molar-refractivity contribution in [1.82, 2.24) is 4.90 Å². The minimum atomic E-state index is -0.538. The average molecular weight is 269 g/mol. The van der Waals surface area contributed by atoms with E-state index in [-0.39, 0.29) is 0 Å². The molecule has 19 heavy (non-hydrogen) atoms. The van der Waals surface area contributed by atoms with E-state index in [0.29, 0.717) is 19.1 Å². The van der Waals surface area contributed by atoms with Crippen LogP contribution in [0.1, 0.15) is 38.5 Å². The summed E-state index contributed by atoms with van der Waals surface area (Å²) in [6.07, 6.45) is 6.94. The van der Waals surface area contributed by atoms with Gasteiger partial charge in [0.25, 0.3) is 0 Å². The zero-order valence-electron chi connectivity index (χ0n) is 11.8. The van der Waals surface area contributed by atoms with Crippen molar-refractivity contribution in [3.05, 3.63) is 0 Å². The summed E-state index contributed by atoms with van der Waals surface area (Å²) >= 11 is 0. The highest BCUT2D eigenvalue weighted by Gasteiger charge is 2.21. The number of nitrogens with two attached hydrogens (primary N) is 1. The van der Waals surface area contributed by atoms with Gasteiger partial charge in [0.05, 0.1) is 19.3 Å². The molecule has 1 unspecified atom stereocenters. The number of hydrogen-bond acceptors (Lipinski definition) is 3. The van der Waals surface area contributed by atoms with Crippen LogP contribution < -0.4 is 5.73 Å². The maximum atomic E-state index is 9.78. The highest BCUT2D eigenvalue weighted by Crippen LogP contribution is 2.28. The molecule has 5 nitrogen and oxygen atoms in total. The molecule has 0 amide bonds. The van der Waals surface area contributed by atoms with Crippen molar-refractivity contribution in [2.75, 3.05) is 32.8 Å². The van der Waals surface area contributed by atoms with Gasteiger partial charge in [-0.3, -0.25) is 4.99 Å². The molecule has 1 atom stereocenters. The Balaban J connectivity index is 1.63. The number of rotatable bonds is 6. The van der Waals surface area contributed by atoms with Crippen molar-refractivity contribution in [2.45, 2.75) is 44.6 Å². The molecule has 110 valence electrons. The van der Waals surface area contributed by atoms with Gasteiger partial charge in [-0.2, -0.15) is 0 Å². The van der Waals surface area contributed by atoms with Crippen LogP contribution >= 0.6 is 0 Å². The minimum absolute atomic E-state index is 0.340. The number of guanidine groups is 1. The lowest BCUT2D eigenvalue weighted by Crippen LogP contribution is -2.38. The monoisotopic (exact) mass is 269 g/mol. The van der Waals surface area contributed by atoms with E-state index in [1.807, 2.05) is 0 Å². The normalized spacial score (nSPS) is 23.2. The first kappa shape index (κ1) is 14.6. The lowest BCUT2D eigenvalue weighted by atomic mass is 10.2. The Hall–Kier alpha value is -0.810. The third-order valence-electron chi connectivity index (χ3n) is 3.75. The summed E-state index contributed by atoms with van der Waals surface area (Å²) in [6.45, 7) is 3.47. The molecule has 2 aliphatic rings. The first-order valence-corrected chi connectivity index (χ1v) is 7.56. The van der Waals surface area contributed by atoms with Gasteiger partial charge >= 0.3 is 0 Å². The Morgan fingerprint density at radius 3 is 2.58 bits per heavy atom. The van der Waals surface area contributed by atoms with Gasteiger partial charge in [0.1, 0.15) is 0 Å². The summed E-state index contributed by atoms with van der Waals surface area (Å²) in [6, 6.07) is 0. The number of nitrogens with zero attached hydrogens (tertiary/aromatic N) is 2.